The fraction of sp³-hybridized carbons (Fsp3) is 1.00. The van der Waals surface area contributed by atoms with E-state index in [1.54, 1.807) is 0 Å². The summed E-state index contributed by atoms with van der Waals surface area (Å²) in [7, 11) is 2.00. The van der Waals surface area contributed by atoms with Gasteiger partial charge in [-0.1, -0.05) is 33.0 Å². The SMILES string of the molecule is CCCC(C)(C)O[SiH3].CN[Si](C)(C)C. The van der Waals surface area contributed by atoms with Crippen LogP contribution in [0.25, 0.3) is 0 Å². The third-order valence-electron chi connectivity index (χ3n) is 2.15. The van der Waals surface area contributed by atoms with E-state index in [0.717, 1.165) is 10.5 Å². The zero-order valence-corrected chi connectivity index (χ0v) is 14.3. The Bertz CT molecular complexity index is 133. The lowest BCUT2D eigenvalue weighted by Gasteiger charge is -2.22. The monoisotopic (exact) mass is 235 g/mol. The Balaban J connectivity index is 0. The lowest BCUT2D eigenvalue weighted by atomic mass is 10.0. The molecule has 2 nitrogen and oxygen atoms in total. The van der Waals surface area contributed by atoms with Crippen LogP contribution in [-0.4, -0.2) is 31.4 Å². The Hall–Kier alpha value is 0.354. The van der Waals surface area contributed by atoms with Gasteiger partial charge in [0.2, 0.25) is 0 Å². The summed E-state index contributed by atoms with van der Waals surface area (Å²) in [6.45, 7) is 13.3. The lowest BCUT2D eigenvalue weighted by molar-refractivity contribution is 0.112. The zero-order valence-electron chi connectivity index (χ0n) is 11.3. The van der Waals surface area contributed by atoms with Gasteiger partial charge in [-0.2, -0.15) is 0 Å². The Kier molecular flexibility index (Phi) is 9.13. The first-order valence-corrected chi connectivity index (χ1v) is 9.74. The smallest absolute Gasteiger partial charge is 0.146 e. The standard InChI is InChI=1S/C6H16OSi.C4H13NSi/c1-4-5-6(2,3)7-8;1-5-6(2,3)4/h4-5H2,1-3,8H3;5H,1-4H3. The van der Waals surface area contributed by atoms with Crippen LogP contribution in [0.2, 0.25) is 19.6 Å². The van der Waals surface area contributed by atoms with Crippen molar-refractivity contribution in [2.24, 2.45) is 0 Å². The fourth-order valence-corrected chi connectivity index (χ4v) is 0.908. The van der Waals surface area contributed by atoms with E-state index in [-0.39, 0.29) is 5.60 Å². The van der Waals surface area contributed by atoms with Crippen LogP contribution < -0.4 is 4.98 Å². The van der Waals surface area contributed by atoms with Gasteiger partial charge in [-0.3, -0.25) is 0 Å². The number of rotatable bonds is 4. The second kappa shape index (κ2) is 7.62. The van der Waals surface area contributed by atoms with Crippen LogP contribution in [-0.2, 0) is 4.43 Å². The maximum atomic E-state index is 5.32. The molecule has 0 radical (unpaired) electrons. The van der Waals surface area contributed by atoms with Gasteiger partial charge in [0.25, 0.3) is 0 Å². The van der Waals surface area contributed by atoms with Crippen molar-refractivity contribution >= 4 is 18.7 Å². The highest BCUT2D eigenvalue weighted by molar-refractivity contribution is 6.73. The Morgan fingerprint density at radius 2 is 1.64 bits per heavy atom. The maximum absolute atomic E-state index is 5.32. The second-order valence-electron chi connectivity index (χ2n) is 5.21. The van der Waals surface area contributed by atoms with Crippen LogP contribution in [0.1, 0.15) is 33.6 Å². The minimum atomic E-state index is -0.881. The largest absolute Gasteiger partial charge is 0.423 e. The van der Waals surface area contributed by atoms with Gasteiger partial charge in [-0.25, -0.2) is 0 Å². The third kappa shape index (κ3) is 14.9. The zero-order chi connectivity index (χ0) is 11.8. The topological polar surface area (TPSA) is 21.3 Å². The first-order chi connectivity index (χ1) is 6.18. The molecule has 0 fully saturated rings. The highest BCUT2D eigenvalue weighted by Gasteiger charge is 2.12. The average Bonchev–Trinajstić information content (AvgIpc) is 2.04. The average molecular weight is 236 g/mol. The van der Waals surface area contributed by atoms with Crippen molar-refractivity contribution in [1.29, 1.82) is 0 Å². The molecule has 0 saturated carbocycles. The van der Waals surface area contributed by atoms with Crippen molar-refractivity contribution in [2.45, 2.75) is 58.9 Å². The molecule has 0 amide bonds. The van der Waals surface area contributed by atoms with Crippen molar-refractivity contribution in [2.75, 3.05) is 7.05 Å². The summed E-state index contributed by atoms with van der Waals surface area (Å²) in [6, 6.07) is 0. The molecule has 0 aliphatic rings. The van der Waals surface area contributed by atoms with E-state index in [4.69, 9.17) is 4.43 Å². The number of nitrogens with one attached hydrogen (secondary N) is 1. The fourth-order valence-electron chi connectivity index (χ4n) is 0.704. The van der Waals surface area contributed by atoms with E-state index in [1.165, 1.54) is 12.8 Å². The molecule has 0 aromatic carbocycles. The summed E-state index contributed by atoms with van der Waals surface area (Å²) in [5, 5.41) is 0. The molecule has 0 heterocycles. The number of hydrogen-bond acceptors (Lipinski definition) is 2. The summed E-state index contributed by atoms with van der Waals surface area (Å²) in [5.41, 5.74) is 0.154. The molecule has 0 saturated heterocycles. The lowest BCUT2D eigenvalue weighted by Crippen LogP contribution is -2.37. The molecule has 0 aromatic heterocycles. The quantitative estimate of drug-likeness (QED) is 0.752. The molecule has 0 spiro atoms. The van der Waals surface area contributed by atoms with Gasteiger partial charge in [-0.15, -0.1) is 0 Å². The predicted octanol–water partition coefficient (Wildman–Crippen LogP) is 1.90. The first-order valence-electron chi connectivity index (χ1n) is 5.42. The molecule has 14 heavy (non-hydrogen) atoms. The molecule has 0 aliphatic carbocycles. The minimum absolute atomic E-state index is 0.154. The van der Waals surface area contributed by atoms with E-state index in [9.17, 15) is 0 Å². The van der Waals surface area contributed by atoms with Crippen LogP contribution in [0.5, 0.6) is 0 Å². The van der Waals surface area contributed by atoms with Crippen molar-refractivity contribution in [3.63, 3.8) is 0 Å². The molecule has 0 unspecified atom stereocenters. The molecule has 0 aliphatic heterocycles. The van der Waals surface area contributed by atoms with E-state index in [2.05, 4.69) is 45.4 Å². The van der Waals surface area contributed by atoms with Gasteiger partial charge < -0.3 is 9.41 Å². The molecule has 0 atom stereocenters. The summed E-state index contributed by atoms with van der Waals surface area (Å²) in [4.78, 5) is 3.24. The first kappa shape index (κ1) is 16.8. The summed E-state index contributed by atoms with van der Waals surface area (Å²) in [5.74, 6) is 0. The Morgan fingerprint density at radius 1 is 1.29 bits per heavy atom. The van der Waals surface area contributed by atoms with Gasteiger partial charge in [0.1, 0.15) is 18.7 Å². The van der Waals surface area contributed by atoms with Gasteiger partial charge in [0.15, 0.2) is 0 Å². The second-order valence-corrected chi connectivity index (χ2v) is 10.6. The van der Waals surface area contributed by atoms with E-state index < -0.39 is 8.24 Å². The molecular formula is C10H29NOSi2. The minimum Gasteiger partial charge on any atom is -0.423 e. The maximum Gasteiger partial charge on any atom is 0.146 e. The van der Waals surface area contributed by atoms with E-state index in [0.29, 0.717) is 0 Å². The molecule has 0 aromatic rings. The highest BCUT2D eigenvalue weighted by atomic mass is 28.3. The third-order valence-corrected chi connectivity index (χ3v) is 4.76. The van der Waals surface area contributed by atoms with E-state index in [1.807, 2.05) is 7.05 Å². The van der Waals surface area contributed by atoms with Gasteiger partial charge in [0.05, 0.1) is 0 Å². The van der Waals surface area contributed by atoms with Gasteiger partial charge in [-0.05, 0) is 27.3 Å². The molecule has 4 heteroatoms. The molecule has 0 rings (SSSR count). The van der Waals surface area contributed by atoms with Crippen LogP contribution in [0.15, 0.2) is 0 Å². The summed E-state index contributed by atoms with van der Waals surface area (Å²) >= 11 is 0. The summed E-state index contributed by atoms with van der Waals surface area (Å²) in [6.07, 6.45) is 2.39. The van der Waals surface area contributed by atoms with Crippen molar-refractivity contribution in [3.05, 3.63) is 0 Å². The van der Waals surface area contributed by atoms with Crippen molar-refractivity contribution in [3.8, 4) is 0 Å². The van der Waals surface area contributed by atoms with Crippen LogP contribution in [0, 0.1) is 0 Å². The van der Waals surface area contributed by atoms with Crippen LogP contribution in [0.3, 0.4) is 0 Å². The number of hydrogen-bond donors (Lipinski definition) is 1. The van der Waals surface area contributed by atoms with Crippen LogP contribution >= 0.6 is 0 Å². The Morgan fingerprint density at radius 3 is 1.71 bits per heavy atom. The van der Waals surface area contributed by atoms with Gasteiger partial charge >= 0.3 is 0 Å². The molecule has 1 N–H and O–H groups in total. The van der Waals surface area contributed by atoms with Crippen molar-refractivity contribution < 1.29 is 4.43 Å². The highest BCUT2D eigenvalue weighted by Crippen LogP contribution is 2.13. The predicted molar refractivity (Wildman–Crippen MR) is 72.4 cm³/mol. The molecule has 0 bridgehead atoms. The molecular weight excluding hydrogens is 206 g/mol. The normalized spacial score (nSPS) is 12.2. The Labute approximate surface area is 94.4 Å². The van der Waals surface area contributed by atoms with Gasteiger partial charge in [0, 0.05) is 5.60 Å². The molecule has 88 valence electrons. The summed E-state index contributed by atoms with van der Waals surface area (Å²) < 4.78 is 5.32. The van der Waals surface area contributed by atoms with E-state index >= 15 is 0 Å². The van der Waals surface area contributed by atoms with Crippen molar-refractivity contribution in [1.82, 2.24) is 4.98 Å². The van der Waals surface area contributed by atoms with Crippen LogP contribution in [0.4, 0.5) is 0 Å².